The summed E-state index contributed by atoms with van der Waals surface area (Å²) in [4.78, 5) is 16.0. The minimum absolute atomic E-state index is 0.216. The number of pyridine rings is 1. The summed E-state index contributed by atoms with van der Waals surface area (Å²) < 4.78 is 20.0. The van der Waals surface area contributed by atoms with Gasteiger partial charge in [0, 0.05) is 36.0 Å². The molecule has 4 rings (SSSR count). The number of halogens is 2. The number of carbonyl (C=O) groups is 1. The monoisotopic (exact) mass is 408 g/mol. The zero-order chi connectivity index (χ0) is 20.2. The van der Waals surface area contributed by atoms with Crippen LogP contribution in [0.2, 0.25) is 5.02 Å². The standard InChI is InChI=1S/C23H18ClFN2O2/c24-20-12-16(19-5-1-2-6-21(19)25)10-17-11-18(29-23(17)20)14-27-22(28)8-7-15-4-3-9-26-13-15/h1-10,12-13,18H,11,14H2,(H,27,28)/b8-7+. The maximum absolute atomic E-state index is 14.1. The number of nitrogens with one attached hydrogen (secondary N) is 1. The lowest BCUT2D eigenvalue weighted by Gasteiger charge is -2.11. The van der Waals surface area contributed by atoms with E-state index in [-0.39, 0.29) is 17.8 Å². The third-order valence-corrected chi connectivity index (χ3v) is 4.93. The van der Waals surface area contributed by atoms with Gasteiger partial charge >= 0.3 is 0 Å². The molecule has 29 heavy (non-hydrogen) atoms. The predicted molar refractivity (Wildman–Crippen MR) is 111 cm³/mol. The SMILES string of the molecule is O=C(/C=C/c1cccnc1)NCC1Cc2cc(-c3ccccc3F)cc(Cl)c2O1. The molecular formula is C23H18ClFN2O2. The molecule has 2 aromatic carbocycles. The topological polar surface area (TPSA) is 51.2 Å². The molecule has 1 aliphatic rings. The van der Waals surface area contributed by atoms with E-state index in [1.807, 2.05) is 12.1 Å². The highest BCUT2D eigenvalue weighted by atomic mass is 35.5. The van der Waals surface area contributed by atoms with Gasteiger partial charge in [-0.1, -0.05) is 35.9 Å². The van der Waals surface area contributed by atoms with E-state index in [4.69, 9.17) is 16.3 Å². The van der Waals surface area contributed by atoms with Gasteiger partial charge in [0.05, 0.1) is 11.6 Å². The van der Waals surface area contributed by atoms with Crippen molar-refractivity contribution in [2.45, 2.75) is 12.5 Å². The van der Waals surface area contributed by atoms with Gasteiger partial charge in [-0.3, -0.25) is 9.78 Å². The highest BCUT2D eigenvalue weighted by Gasteiger charge is 2.26. The van der Waals surface area contributed by atoms with E-state index >= 15 is 0 Å². The smallest absolute Gasteiger partial charge is 0.244 e. The number of aromatic nitrogens is 1. The molecule has 0 saturated carbocycles. The Kier molecular flexibility index (Phi) is 5.58. The second kappa shape index (κ2) is 8.45. The van der Waals surface area contributed by atoms with Crippen LogP contribution in [-0.4, -0.2) is 23.5 Å². The molecule has 4 nitrogen and oxygen atoms in total. The van der Waals surface area contributed by atoms with E-state index in [2.05, 4.69) is 10.3 Å². The fraction of sp³-hybridized carbons (Fsp3) is 0.130. The Bertz CT molecular complexity index is 1070. The molecular weight excluding hydrogens is 391 g/mol. The average Bonchev–Trinajstić information content (AvgIpc) is 3.15. The summed E-state index contributed by atoms with van der Waals surface area (Å²) in [6, 6.07) is 13.8. The summed E-state index contributed by atoms with van der Waals surface area (Å²) >= 11 is 6.37. The number of benzene rings is 2. The van der Waals surface area contributed by atoms with Gasteiger partial charge in [0.15, 0.2) is 0 Å². The Morgan fingerprint density at radius 2 is 2.14 bits per heavy atom. The summed E-state index contributed by atoms with van der Waals surface area (Å²) in [5.74, 6) is 0.0788. The van der Waals surface area contributed by atoms with Gasteiger partial charge in [0.1, 0.15) is 17.7 Å². The van der Waals surface area contributed by atoms with Crippen molar-refractivity contribution < 1.29 is 13.9 Å². The van der Waals surface area contributed by atoms with E-state index in [1.165, 1.54) is 12.1 Å². The summed E-state index contributed by atoms with van der Waals surface area (Å²) in [6.07, 6.45) is 6.87. The Morgan fingerprint density at radius 3 is 2.93 bits per heavy atom. The zero-order valence-corrected chi connectivity index (χ0v) is 16.2. The van der Waals surface area contributed by atoms with Crippen LogP contribution in [0.15, 0.2) is 67.0 Å². The quantitative estimate of drug-likeness (QED) is 0.624. The van der Waals surface area contributed by atoms with Crippen molar-refractivity contribution in [2.75, 3.05) is 6.54 Å². The summed E-state index contributed by atoms with van der Waals surface area (Å²) in [6.45, 7) is 0.344. The van der Waals surface area contributed by atoms with Gasteiger partial charge in [0.25, 0.3) is 0 Å². The minimum Gasteiger partial charge on any atom is -0.486 e. The van der Waals surface area contributed by atoms with Crippen LogP contribution >= 0.6 is 11.6 Å². The third-order valence-electron chi connectivity index (χ3n) is 4.65. The van der Waals surface area contributed by atoms with Gasteiger partial charge in [0.2, 0.25) is 5.91 Å². The molecule has 1 aliphatic heterocycles. The first kappa shape index (κ1) is 19.2. The van der Waals surface area contributed by atoms with Crippen molar-refractivity contribution in [3.8, 4) is 16.9 Å². The minimum atomic E-state index is -0.299. The van der Waals surface area contributed by atoms with E-state index in [0.29, 0.717) is 34.9 Å². The van der Waals surface area contributed by atoms with Crippen LogP contribution in [-0.2, 0) is 11.2 Å². The first-order chi connectivity index (χ1) is 14.1. The Hall–Kier alpha value is -3.18. The van der Waals surface area contributed by atoms with Gasteiger partial charge < -0.3 is 10.1 Å². The molecule has 6 heteroatoms. The molecule has 1 unspecified atom stereocenters. The van der Waals surface area contributed by atoms with Crippen LogP contribution in [0.3, 0.4) is 0 Å². The molecule has 1 aromatic heterocycles. The largest absolute Gasteiger partial charge is 0.486 e. The van der Waals surface area contributed by atoms with Crippen molar-refractivity contribution >= 4 is 23.6 Å². The van der Waals surface area contributed by atoms with Crippen molar-refractivity contribution in [2.24, 2.45) is 0 Å². The Morgan fingerprint density at radius 1 is 1.28 bits per heavy atom. The van der Waals surface area contributed by atoms with Crippen LogP contribution < -0.4 is 10.1 Å². The fourth-order valence-corrected chi connectivity index (χ4v) is 3.56. The number of hydrogen-bond donors (Lipinski definition) is 1. The average molecular weight is 409 g/mol. The number of nitrogens with zero attached hydrogens (tertiary/aromatic N) is 1. The van der Waals surface area contributed by atoms with E-state index < -0.39 is 0 Å². The van der Waals surface area contributed by atoms with Crippen molar-refractivity contribution in [1.82, 2.24) is 10.3 Å². The number of carbonyl (C=O) groups excluding carboxylic acids is 1. The first-order valence-electron chi connectivity index (χ1n) is 9.20. The summed E-state index contributed by atoms with van der Waals surface area (Å²) in [7, 11) is 0. The van der Waals surface area contributed by atoms with Crippen LogP contribution in [0.5, 0.6) is 5.75 Å². The highest BCUT2D eigenvalue weighted by Crippen LogP contribution is 2.40. The normalized spacial score (nSPS) is 15.2. The van der Waals surface area contributed by atoms with E-state index in [0.717, 1.165) is 11.1 Å². The van der Waals surface area contributed by atoms with E-state index in [1.54, 1.807) is 48.8 Å². The molecule has 1 amide bonds. The lowest BCUT2D eigenvalue weighted by Crippen LogP contribution is -2.33. The molecule has 0 bridgehead atoms. The van der Waals surface area contributed by atoms with Gasteiger partial charge in [-0.05, 0) is 41.5 Å². The number of hydrogen-bond acceptors (Lipinski definition) is 3. The Labute approximate surface area is 173 Å². The maximum Gasteiger partial charge on any atom is 0.244 e. The molecule has 0 spiro atoms. The molecule has 0 radical (unpaired) electrons. The molecule has 1 atom stereocenters. The molecule has 0 fully saturated rings. The molecule has 2 heterocycles. The van der Waals surface area contributed by atoms with Crippen LogP contribution in [0.1, 0.15) is 11.1 Å². The van der Waals surface area contributed by atoms with Crippen molar-refractivity contribution in [1.29, 1.82) is 0 Å². The van der Waals surface area contributed by atoms with Gasteiger partial charge in [-0.15, -0.1) is 0 Å². The van der Waals surface area contributed by atoms with E-state index in [9.17, 15) is 9.18 Å². The molecule has 0 aliphatic carbocycles. The first-order valence-corrected chi connectivity index (χ1v) is 9.58. The molecule has 3 aromatic rings. The maximum atomic E-state index is 14.1. The van der Waals surface area contributed by atoms with Crippen molar-refractivity contribution in [3.63, 3.8) is 0 Å². The molecule has 0 saturated heterocycles. The van der Waals surface area contributed by atoms with Crippen molar-refractivity contribution in [3.05, 3.63) is 89.0 Å². The number of amides is 1. The summed E-state index contributed by atoms with van der Waals surface area (Å²) in [5.41, 5.74) is 2.95. The second-order valence-electron chi connectivity index (χ2n) is 6.73. The number of fused-ring (bicyclic) bond motifs is 1. The number of rotatable bonds is 5. The second-order valence-corrected chi connectivity index (χ2v) is 7.14. The highest BCUT2D eigenvalue weighted by molar-refractivity contribution is 6.32. The predicted octanol–water partition coefficient (Wildman–Crippen LogP) is 4.67. The van der Waals surface area contributed by atoms with Crippen LogP contribution in [0.25, 0.3) is 17.2 Å². The van der Waals surface area contributed by atoms with Crippen LogP contribution in [0.4, 0.5) is 4.39 Å². The van der Waals surface area contributed by atoms with Crippen LogP contribution in [0, 0.1) is 5.82 Å². The fourth-order valence-electron chi connectivity index (χ4n) is 3.27. The Balaban J connectivity index is 1.40. The lowest BCUT2D eigenvalue weighted by molar-refractivity contribution is -0.116. The lowest BCUT2D eigenvalue weighted by atomic mass is 10.0. The van der Waals surface area contributed by atoms with Gasteiger partial charge in [-0.25, -0.2) is 4.39 Å². The number of ether oxygens (including phenoxy) is 1. The van der Waals surface area contributed by atoms with Gasteiger partial charge in [-0.2, -0.15) is 0 Å². The zero-order valence-electron chi connectivity index (χ0n) is 15.4. The molecule has 146 valence electrons. The summed E-state index contributed by atoms with van der Waals surface area (Å²) in [5, 5.41) is 3.27. The third kappa shape index (κ3) is 4.46. The molecule has 1 N–H and O–H groups in total.